The van der Waals surface area contributed by atoms with Gasteiger partial charge in [-0.25, -0.2) is 0 Å². The minimum absolute atomic E-state index is 0.398. The van der Waals surface area contributed by atoms with Crippen molar-refractivity contribution in [3.63, 3.8) is 0 Å². The van der Waals surface area contributed by atoms with Crippen molar-refractivity contribution < 1.29 is 9.53 Å². The van der Waals surface area contributed by atoms with E-state index >= 15 is 0 Å². The first kappa shape index (κ1) is 13.4. The Morgan fingerprint density at radius 1 is 1.32 bits per heavy atom. The van der Waals surface area contributed by atoms with Gasteiger partial charge in [-0.2, -0.15) is 0 Å². The number of primary amides is 1. The predicted octanol–water partition coefficient (Wildman–Crippen LogP) is 2.18. The zero-order valence-corrected chi connectivity index (χ0v) is 11.0. The Hall–Kier alpha value is -2.07. The molecule has 1 amide bonds. The van der Waals surface area contributed by atoms with Crippen molar-refractivity contribution >= 4 is 5.91 Å². The highest BCUT2D eigenvalue weighted by Gasteiger charge is 2.08. The monoisotopic (exact) mass is 258 g/mol. The molecule has 0 aliphatic heterocycles. The molecule has 4 nitrogen and oxygen atoms in total. The molecule has 0 radical (unpaired) electrons. The van der Waals surface area contributed by atoms with E-state index in [9.17, 15) is 4.79 Å². The highest BCUT2D eigenvalue weighted by atomic mass is 16.5. The number of carbonyl (C=O) groups excluding carboxylic acids is 1. The maximum Gasteiger partial charge on any atom is 0.250 e. The average molecular weight is 258 g/mol. The summed E-state index contributed by atoms with van der Waals surface area (Å²) >= 11 is 0. The van der Waals surface area contributed by atoms with Crippen LogP contribution in [0.5, 0.6) is 0 Å². The van der Waals surface area contributed by atoms with Crippen LogP contribution in [-0.2, 0) is 17.8 Å². The van der Waals surface area contributed by atoms with Gasteiger partial charge in [0, 0.05) is 17.8 Å². The molecule has 1 aromatic heterocycles. The van der Waals surface area contributed by atoms with E-state index in [1.54, 1.807) is 6.07 Å². The van der Waals surface area contributed by atoms with E-state index in [2.05, 4.69) is 4.98 Å². The zero-order chi connectivity index (χ0) is 13.7. The fourth-order valence-corrected chi connectivity index (χ4v) is 1.96. The van der Waals surface area contributed by atoms with Crippen LogP contribution in [0.1, 0.15) is 27.3 Å². The van der Waals surface area contributed by atoms with Gasteiger partial charge in [0.05, 0.1) is 18.8 Å². The number of aryl methyl sites for hydroxylation is 1. The van der Waals surface area contributed by atoms with Gasteiger partial charge in [-0.1, -0.05) is 30.3 Å². The van der Waals surface area contributed by atoms with Crippen molar-refractivity contribution in [1.29, 1.82) is 0 Å². The molecule has 0 atom stereocenters. The van der Waals surface area contributed by atoms with Crippen LogP contribution in [0, 0.1) is 6.92 Å². The lowest BCUT2D eigenvalue weighted by molar-refractivity contribution is 0.0999. The molecule has 1 heterocycles. The number of nitrogens with two attached hydrogens (primary N) is 1. The predicted molar refractivity (Wildman–Crippen MR) is 73.8 cm³/mol. The summed E-state index contributed by atoms with van der Waals surface area (Å²) in [6, 6.07) is 11.8. The highest BCUT2D eigenvalue weighted by molar-refractivity contribution is 5.94. The second-order valence-electron chi connectivity index (χ2n) is 4.49. The topological polar surface area (TPSA) is 68.1 Å². The molecule has 1 aromatic carbocycles. The number of hydrogen-bond donors (Lipinski definition) is 2. The summed E-state index contributed by atoms with van der Waals surface area (Å²) in [6.07, 6.45) is 0.737. The van der Waals surface area contributed by atoms with Gasteiger partial charge in [0.15, 0.2) is 0 Å². The van der Waals surface area contributed by atoms with Gasteiger partial charge in [-0.3, -0.25) is 4.79 Å². The normalized spacial score (nSPS) is 10.6. The minimum Gasteiger partial charge on any atom is -0.376 e. The average Bonchev–Trinajstić information content (AvgIpc) is 2.77. The molecule has 0 fully saturated rings. The zero-order valence-electron chi connectivity index (χ0n) is 11.0. The summed E-state index contributed by atoms with van der Waals surface area (Å²) in [6.45, 7) is 3.05. The van der Waals surface area contributed by atoms with Crippen LogP contribution in [0.2, 0.25) is 0 Å². The molecule has 0 bridgehead atoms. The van der Waals surface area contributed by atoms with E-state index in [1.807, 2.05) is 37.3 Å². The first-order chi connectivity index (χ1) is 9.16. The lowest BCUT2D eigenvalue weighted by Crippen LogP contribution is -2.10. The summed E-state index contributed by atoms with van der Waals surface area (Å²) in [7, 11) is 0. The molecule has 19 heavy (non-hydrogen) atoms. The van der Waals surface area contributed by atoms with E-state index in [-0.39, 0.29) is 0 Å². The number of rotatable bonds is 6. The van der Waals surface area contributed by atoms with Gasteiger partial charge in [-0.05, 0) is 18.6 Å². The van der Waals surface area contributed by atoms with E-state index in [1.165, 1.54) is 0 Å². The Morgan fingerprint density at radius 2 is 2.05 bits per heavy atom. The smallest absolute Gasteiger partial charge is 0.250 e. The fraction of sp³-hybridized carbons (Fsp3) is 0.267. The van der Waals surface area contributed by atoms with E-state index in [0.29, 0.717) is 18.8 Å². The SMILES string of the molecule is Cc1[nH]c(CCOCc2ccccc2)cc1C(N)=O. The minimum atomic E-state index is -0.398. The first-order valence-corrected chi connectivity index (χ1v) is 6.27. The Labute approximate surface area is 112 Å². The third-order valence-electron chi connectivity index (χ3n) is 2.96. The molecule has 100 valence electrons. The van der Waals surface area contributed by atoms with Gasteiger partial charge in [-0.15, -0.1) is 0 Å². The number of hydrogen-bond acceptors (Lipinski definition) is 2. The third-order valence-corrected chi connectivity index (χ3v) is 2.96. The van der Waals surface area contributed by atoms with E-state index in [4.69, 9.17) is 10.5 Å². The standard InChI is InChI=1S/C15H18N2O2/c1-11-14(15(16)18)9-13(17-11)7-8-19-10-12-5-3-2-4-6-12/h2-6,9,17H,7-8,10H2,1H3,(H2,16,18). The molecule has 4 heteroatoms. The van der Waals surface area contributed by atoms with Crippen LogP contribution in [0.15, 0.2) is 36.4 Å². The lowest BCUT2D eigenvalue weighted by Gasteiger charge is -2.03. The third kappa shape index (κ3) is 3.69. The Balaban J connectivity index is 1.80. The molecule has 0 spiro atoms. The number of aromatic nitrogens is 1. The van der Waals surface area contributed by atoms with Crippen molar-refractivity contribution in [2.75, 3.05) is 6.61 Å². The van der Waals surface area contributed by atoms with Crippen LogP contribution in [0.25, 0.3) is 0 Å². The Bertz CT molecular complexity index is 547. The number of carbonyl (C=O) groups is 1. The van der Waals surface area contributed by atoms with Crippen LogP contribution in [0.4, 0.5) is 0 Å². The summed E-state index contributed by atoms with van der Waals surface area (Å²) in [4.78, 5) is 14.3. The highest BCUT2D eigenvalue weighted by Crippen LogP contribution is 2.10. The summed E-state index contributed by atoms with van der Waals surface area (Å²) < 4.78 is 5.60. The maximum atomic E-state index is 11.1. The van der Waals surface area contributed by atoms with Gasteiger partial charge < -0.3 is 15.5 Å². The molecular weight excluding hydrogens is 240 g/mol. The van der Waals surface area contributed by atoms with E-state index in [0.717, 1.165) is 23.4 Å². The summed E-state index contributed by atoms with van der Waals surface area (Å²) in [5.41, 5.74) is 8.76. The van der Waals surface area contributed by atoms with Gasteiger partial charge in [0.2, 0.25) is 0 Å². The number of ether oxygens (including phenoxy) is 1. The fourth-order valence-electron chi connectivity index (χ4n) is 1.96. The quantitative estimate of drug-likeness (QED) is 0.780. The molecule has 0 aliphatic rings. The van der Waals surface area contributed by atoms with Gasteiger partial charge in [0.25, 0.3) is 5.91 Å². The van der Waals surface area contributed by atoms with Crippen molar-refractivity contribution in [2.24, 2.45) is 5.73 Å². The molecule has 0 unspecified atom stereocenters. The van der Waals surface area contributed by atoms with Gasteiger partial charge in [0.1, 0.15) is 0 Å². The maximum absolute atomic E-state index is 11.1. The first-order valence-electron chi connectivity index (χ1n) is 6.27. The molecular formula is C15H18N2O2. The van der Waals surface area contributed by atoms with Crippen molar-refractivity contribution in [2.45, 2.75) is 20.0 Å². The molecule has 2 aromatic rings. The number of nitrogens with one attached hydrogen (secondary N) is 1. The Morgan fingerprint density at radius 3 is 2.68 bits per heavy atom. The van der Waals surface area contributed by atoms with Gasteiger partial charge >= 0.3 is 0 Å². The van der Waals surface area contributed by atoms with Crippen molar-refractivity contribution in [3.8, 4) is 0 Å². The molecule has 0 aliphatic carbocycles. The molecule has 0 saturated heterocycles. The Kier molecular flexibility index (Phi) is 4.36. The lowest BCUT2D eigenvalue weighted by atomic mass is 10.2. The largest absolute Gasteiger partial charge is 0.376 e. The number of H-pyrrole nitrogens is 1. The second kappa shape index (κ2) is 6.20. The second-order valence-corrected chi connectivity index (χ2v) is 4.49. The van der Waals surface area contributed by atoms with Crippen LogP contribution >= 0.6 is 0 Å². The number of aromatic amines is 1. The van der Waals surface area contributed by atoms with Crippen molar-refractivity contribution in [1.82, 2.24) is 4.98 Å². The molecule has 2 rings (SSSR count). The van der Waals surface area contributed by atoms with Crippen molar-refractivity contribution in [3.05, 3.63) is 58.9 Å². The van der Waals surface area contributed by atoms with Crippen LogP contribution in [0.3, 0.4) is 0 Å². The van der Waals surface area contributed by atoms with Crippen LogP contribution in [-0.4, -0.2) is 17.5 Å². The van der Waals surface area contributed by atoms with Crippen LogP contribution < -0.4 is 5.73 Å². The number of benzene rings is 1. The molecule has 0 saturated carbocycles. The van der Waals surface area contributed by atoms with E-state index < -0.39 is 5.91 Å². The number of amides is 1. The summed E-state index contributed by atoms with van der Waals surface area (Å²) in [5.74, 6) is -0.398. The molecule has 3 N–H and O–H groups in total. The summed E-state index contributed by atoms with van der Waals surface area (Å²) in [5, 5.41) is 0.